The first-order valence-electron chi connectivity index (χ1n) is 10.5. The van der Waals surface area contributed by atoms with Crippen molar-refractivity contribution in [2.45, 2.75) is 33.2 Å². The monoisotopic (exact) mass is 471 g/mol. The van der Waals surface area contributed by atoms with Crippen LogP contribution in [0.2, 0.25) is 0 Å². The third-order valence-corrected chi connectivity index (χ3v) is 6.41. The van der Waals surface area contributed by atoms with E-state index in [0.717, 1.165) is 24.4 Å². The third-order valence-electron chi connectivity index (χ3n) is 5.47. The van der Waals surface area contributed by atoms with Crippen LogP contribution in [0.25, 0.3) is 0 Å². The van der Waals surface area contributed by atoms with Crippen molar-refractivity contribution in [3.8, 4) is 17.2 Å². The summed E-state index contributed by atoms with van der Waals surface area (Å²) in [5.41, 5.74) is 3.11. The minimum Gasteiger partial charge on any atom is -0.493 e. The van der Waals surface area contributed by atoms with Gasteiger partial charge in [0.05, 0.1) is 27.8 Å². The molecule has 176 valence electrons. The van der Waals surface area contributed by atoms with Crippen molar-refractivity contribution < 1.29 is 28.5 Å². The number of carbonyl (C=O) groups is 2. The fraction of sp³-hybridized carbons (Fsp3) is 0.360. The first kappa shape index (κ1) is 24.4. The average Bonchev–Trinajstić information content (AvgIpc) is 3.43. The summed E-state index contributed by atoms with van der Waals surface area (Å²) in [4.78, 5) is 26.5. The molecule has 2 heterocycles. The van der Waals surface area contributed by atoms with E-state index < -0.39 is 5.97 Å². The normalized spacial score (nSPS) is 10.7. The highest BCUT2D eigenvalue weighted by atomic mass is 32.1. The number of ketones is 1. The van der Waals surface area contributed by atoms with E-state index in [0.29, 0.717) is 28.4 Å². The number of benzene rings is 1. The molecular weight excluding hydrogens is 442 g/mol. The van der Waals surface area contributed by atoms with Crippen LogP contribution in [0.1, 0.15) is 32.2 Å². The molecule has 0 fully saturated rings. The number of Topliss-reactive ketones (excluding diaryl/α,β-unsaturated/α-hetero) is 1. The second-order valence-corrected chi connectivity index (χ2v) is 8.59. The molecule has 0 radical (unpaired) electrons. The number of methoxy groups -OCH3 is 3. The summed E-state index contributed by atoms with van der Waals surface area (Å²) in [6, 6.07) is 9.38. The standard InChI is InChI=1S/C25H29NO6S/c1-16-11-20(17(2)26(16)9-8-19-7-6-10-33-19)21(27)15-32-24(28)14-18-12-22(29-3)25(31-5)23(13-18)30-4/h6-7,10-13H,8-9,14-15H2,1-5H3. The molecule has 0 spiro atoms. The van der Waals surface area contributed by atoms with Gasteiger partial charge in [-0.2, -0.15) is 0 Å². The zero-order valence-electron chi connectivity index (χ0n) is 19.6. The predicted molar refractivity (Wildman–Crippen MR) is 127 cm³/mol. The van der Waals surface area contributed by atoms with E-state index in [1.165, 1.54) is 26.2 Å². The second-order valence-electron chi connectivity index (χ2n) is 7.56. The van der Waals surface area contributed by atoms with E-state index in [-0.39, 0.29) is 18.8 Å². The average molecular weight is 472 g/mol. The van der Waals surface area contributed by atoms with Crippen molar-refractivity contribution in [3.63, 3.8) is 0 Å². The fourth-order valence-electron chi connectivity index (χ4n) is 3.78. The van der Waals surface area contributed by atoms with Gasteiger partial charge < -0.3 is 23.5 Å². The van der Waals surface area contributed by atoms with Crippen molar-refractivity contribution in [1.82, 2.24) is 4.57 Å². The number of thiophene rings is 1. The summed E-state index contributed by atoms with van der Waals surface area (Å²) in [5, 5.41) is 2.06. The lowest BCUT2D eigenvalue weighted by molar-refractivity contribution is -0.141. The van der Waals surface area contributed by atoms with E-state index in [9.17, 15) is 9.59 Å². The van der Waals surface area contributed by atoms with Crippen LogP contribution in [0.15, 0.2) is 35.7 Å². The smallest absolute Gasteiger partial charge is 0.310 e. The number of rotatable bonds is 11. The number of ether oxygens (including phenoxy) is 4. The van der Waals surface area contributed by atoms with E-state index in [2.05, 4.69) is 16.0 Å². The molecule has 2 aromatic heterocycles. The lowest BCUT2D eigenvalue weighted by Crippen LogP contribution is -2.16. The van der Waals surface area contributed by atoms with Crippen LogP contribution in [0.4, 0.5) is 0 Å². The van der Waals surface area contributed by atoms with Crippen molar-refractivity contribution in [1.29, 1.82) is 0 Å². The maximum Gasteiger partial charge on any atom is 0.310 e. The topological polar surface area (TPSA) is 76.0 Å². The number of hydrogen-bond acceptors (Lipinski definition) is 7. The summed E-state index contributed by atoms with van der Waals surface area (Å²) in [6.07, 6.45) is 0.884. The van der Waals surface area contributed by atoms with Gasteiger partial charge in [0.2, 0.25) is 11.5 Å². The molecule has 0 aliphatic heterocycles. The summed E-state index contributed by atoms with van der Waals surface area (Å²) >= 11 is 1.72. The van der Waals surface area contributed by atoms with E-state index in [1.807, 2.05) is 26.0 Å². The van der Waals surface area contributed by atoms with E-state index in [1.54, 1.807) is 23.5 Å². The number of aryl methyl sites for hydroxylation is 2. The minimum atomic E-state index is -0.510. The molecule has 8 heteroatoms. The van der Waals surface area contributed by atoms with Crippen LogP contribution in [0.3, 0.4) is 0 Å². The number of carbonyl (C=O) groups excluding carboxylic acids is 2. The molecule has 0 unspecified atom stereocenters. The van der Waals surface area contributed by atoms with Crippen molar-refractivity contribution in [2.24, 2.45) is 0 Å². The number of hydrogen-bond donors (Lipinski definition) is 0. The Morgan fingerprint density at radius 2 is 1.70 bits per heavy atom. The largest absolute Gasteiger partial charge is 0.493 e. The van der Waals surface area contributed by atoms with Crippen LogP contribution in [0, 0.1) is 13.8 Å². The van der Waals surface area contributed by atoms with Crippen molar-refractivity contribution >= 4 is 23.1 Å². The molecule has 0 aliphatic rings. The second kappa shape index (κ2) is 11.0. The fourth-order valence-corrected chi connectivity index (χ4v) is 4.48. The molecule has 0 N–H and O–H groups in total. The Morgan fingerprint density at radius 3 is 2.27 bits per heavy atom. The van der Waals surface area contributed by atoms with Crippen molar-refractivity contribution in [3.05, 3.63) is 63.1 Å². The van der Waals surface area contributed by atoms with Crippen LogP contribution in [-0.4, -0.2) is 44.3 Å². The summed E-state index contributed by atoms with van der Waals surface area (Å²) in [5.74, 6) is 0.617. The van der Waals surface area contributed by atoms with E-state index in [4.69, 9.17) is 18.9 Å². The predicted octanol–water partition coefficient (Wildman–Crippen LogP) is 4.40. The molecule has 0 atom stereocenters. The molecule has 0 amide bonds. The Balaban J connectivity index is 1.62. The van der Waals surface area contributed by atoms with E-state index >= 15 is 0 Å². The van der Waals surface area contributed by atoms with Crippen LogP contribution in [-0.2, 0) is 28.9 Å². The van der Waals surface area contributed by atoms with Gasteiger partial charge in [0, 0.05) is 28.4 Å². The number of aromatic nitrogens is 1. The Labute approximate surface area is 197 Å². The summed E-state index contributed by atoms with van der Waals surface area (Å²) in [7, 11) is 4.53. The molecule has 7 nitrogen and oxygen atoms in total. The lowest BCUT2D eigenvalue weighted by Gasteiger charge is -2.14. The third kappa shape index (κ3) is 5.76. The summed E-state index contributed by atoms with van der Waals surface area (Å²) in [6.45, 7) is 4.39. The zero-order chi connectivity index (χ0) is 24.0. The van der Waals surface area contributed by atoms with Crippen molar-refractivity contribution in [2.75, 3.05) is 27.9 Å². The lowest BCUT2D eigenvalue weighted by atomic mass is 10.1. The van der Waals surface area contributed by atoms with Gasteiger partial charge in [-0.15, -0.1) is 11.3 Å². The first-order valence-corrected chi connectivity index (χ1v) is 11.4. The van der Waals surface area contributed by atoms with Gasteiger partial charge in [-0.05, 0) is 55.5 Å². The molecule has 33 heavy (non-hydrogen) atoms. The molecule has 3 rings (SSSR count). The molecule has 1 aromatic carbocycles. The highest BCUT2D eigenvalue weighted by molar-refractivity contribution is 7.09. The SMILES string of the molecule is COc1cc(CC(=O)OCC(=O)c2cc(C)n(CCc3cccs3)c2C)cc(OC)c1OC. The molecule has 0 saturated heterocycles. The highest BCUT2D eigenvalue weighted by Gasteiger charge is 2.19. The molecule has 3 aromatic rings. The summed E-state index contributed by atoms with van der Waals surface area (Å²) < 4.78 is 23.3. The van der Waals surface area contributed by atoms with Crippen LogP contribution >= 0.6 is 11.3 Å². The minimum absolute atomic E-state index is 0.0240. The molecule has 0 bridgehead atoms. The van der Waals surface area contributed by atoms with Gasteiger partial charge in [0.25, 0.3) is 0 Å². The Hall–Kier alpha value is -3.26. The maximum atomic E-state index is 12.8. The quantitative estimate of drug-likeness (QED) is 0.305. The zero-order valence-corrected chi connectivity index (χ0v) is 20.4. The Bertz CT molecular complexity index is 1090. The first-order chi connectivity index (χ1) is 15.9. The maximum absolute atomic E-state index is 12.8. The van der Waals surface area contributed by atoms with Gasteiger partial charge in [-0.3, -0.25) is 9.59 Å². The van der Waals surface area contributed by atoms with Crippen LogP contribution < -0.4 is 14.2 Å². The molecular formula is C25H29NO6S. The van der Waals surface area contributed by atoms with Gasteiger partial charge >= 0.3 is 5.97 Å². The molecule has 0 aliphatic carbocycles. The van der Waals surface area contributed by atoms with Gasteiger partial charge in [-0.25, -0.2) is 0 Å². The van der Waals surface area contributed by atoms with Gasteiger partial charge in [0.1, 0.15) is 0 Å². The van der Waals surface area contributed by atoms with Gasteiger partial charge in [0.15, 0.2) is 18.1 Å². The molecule has 0 saturated carbocycles. The van der Waals surface area contributed by atoms with Crippen LogP contribution in [0.5, 0.6) is 17.2 Å². The Kier molecular flexibility index (Phi) is 8.16. The highest BCUT2D eigenvalue weighted by Crippen LogP contribution is 2.38. The Morgan fingerprint density at radius 1 is 1.00 bits per heavy atom. The number of esters is 1. The number of nitrogens with zero attached hydrogens (tertiary/aromatic N) is 1. The van der Waals surface area contributed by atoms with Gasteiger partial charge in [-0.1, -0.05) is 6.07 Å².